The monoisotopic (exact) mass is 325 g/mol. The average Bonchev–Trinajstić information content (AvgIpc) is 2.96. The van der Waals surface area contributed by atoms with Crippen LogP contribution in [0.5, 0.6) is 0 Å². The molecule has 1 amide bonds. The molecule has 1 heterocycles. The topological polar surface area (TPSA) is 45.2 Å². The van der Waals surface area contributed by atoms with Crippen molar-refractivity contribution in [3.63, 3.8) is 0 Å². The molecular formula is C18H19N3OS. The number of thiazole rings is 1. The lowest BCUT2D eigenvalue weighted by Gasteiger charge is -2.18. The molecule has 1 N–H and O–H groups in total. The van der Waals surface area contributed by atoms with Gasteiger partial charge in [-0.05, 0) is 43.9 Å². The van der Waals surface area contributed by atoms with Crippen LogP contribution in [-0.2, 0) is 17.6 Å². The van der Waals surface area contributed by atoms with Crippen LogP contribution in [-0.4, -0.2) is 24.5 Å². The summed E-state index contributed by atoms with van der Waals surface area (Å²) in [6, 6.07) is 7.61. The first-order valence-corrected chi connectivity index (χ1v) is 8.53. The molecule has 3 rings (SSSR count). The summed E-state index contributed by atoms with van der Waals surface area (Å²) >= 11 is 1.60. The highest BCUT2D eigenvalue weighted by atomic mass is 32.1. The van der Waals surface area contributed by atoms with Crippen LogP contribution in [0.15, 0.2) is 24.3 Å². The quantitative estimate of drug-likeness (QED) is 0.879. The number of nitrogens with one attached hydrogen (secondary N) is 1. The lowest BCUT2D eigenvalue weighted by Crippen LogP contribution is -2.30. The zero-order valence-electron chi connectivity index (χ0n) is 13.1. The summed E-state index contributed by atoms with van der Waals surface area (Å²) in [7, 11) is 1.88. The van der Waals surface area contributed by atoms with Gasteiger partial charge in [-0.2, -0.15) is 0 Å². The Kier molecular flexibility index (Phi) is 4.63. The Hall–Kier alpha value is -2.32. The summed E-state index contributed by atoms with van der Waals surface area (Å²) in [5, 5.41) is 3.63. The number of benzene rings is 1. The van der Waals surface area contributed by atoms with Gasteiger partial charge < -0.3 is 10.2 Å². The number of nitrogens with zero attached hydrogens (tertiary/aromatic N) is 2. The van der Waals surface area contributed by atoms with E-state index in [1.54, 1.807) is 11.3 Å². The van der Waals surface area contributed by atoms with Gasteiger partial charge in [0.25, 0.3) is 0 Å². The Morgan fingerprint density at radius 1 is 1.43 bits per heavy atom. The number of aryl methyl sites for hydroxylation is 2. The molecule has 5 heteroatoms. The standard InChI is InChI=1S/C18H19N3OS/c1-3-13-7-6-8-14(11-13)21(2)12-17(22)20-18-19-15-9-4-5-10-16(15)23-18/h1,6-8,11H,4-5,9-10,12H2,2H3,(H,19,20,22). The maximum atomic E-state index is 12.2. The van der Waals surface area contributed by atoms with Gasteiger partial charge in [-0.3, -0.25) is 4.79 Å². The number of anilines is 2. The highest BCUT2D eigenvalue weighted by Crippen LogP contribution is 2.29. The Balaban J connectivity index is 1.62. The van der Waals surface area contributed by atoms with Crippen molar-refractivity contribution in [1.29, 1.82) is 0 Å². The van der Waals surface area contributed by atoms with Crippen molar-refractivity contribution < 1.29 is 4.79 Å². The smallest absolute Gasteiger partial charge is 0.245 e. The van der Waals surface area contributed by atoms with Gasteiger partial charge in [0.15, 0.2) is 5.13 Å². The lowest BCUT2D eigenvalue weighted by molar-refractivity contribution is -0.114. The predicted molar refractivity (Wildman–Crippen MR) is 95.0 cm³/mol. The van der Waals surface area contributed by atoms with Crippen LogP contribution in [0.25, 0.3) is 0 Å². The Morgan fingerprint density at radius 2 is 2.26 bits per heavy atom. The first-order chi connectivity index (χ1) is 11.2. The van der Waals surface area contributed by atoms with Gasteiger partial charge in [-0.25, -0.2) is 4.98 Å². The summed E-state index contributed by atoms with van der Waals surface area (Å²) in [4.78, 5) is 20.0. The molecule has 0 bridgehead atoms. The zero-order valence-corrected chi connectivity index (χ0v) is 13.9. The molecule has 1 aromatic carbocycles. The molecule has 0 atom stereocenters. The van der Waals surface area contributed by atoms with Crippen LogP contribution in [0, 0.1) is 12.3 Å². The number of likely N-dealkylation sites (N-methyl/N-ethyl adjacent to an activating group) is 1. The molecule has 0 spiro atoms. The van der Waals surface area contributed by atoms with Crippen molar-refractivity contribution in [3.8, 4) is 12.3 Å². The lowest BCUT2D eigenvalue weighted by atomic mass is 10.0. The zero-order chi connectivity index (χ0) is 16.2. The molecule has 1 aliphatic carbocycles. The fourth-order valence-electron chi connectivity index (χ4n) is 2.70. The van der Waals surface area contributed by atoms with Gasteiger partial charge in [0.1, 0.15) is 0 Å². The van der Waals surface area contributed by atoms with E-state index in [-0.39, 0.29) is 12.5 Å². The first-order valence-electron chi connectivity index (χ1n) is 7.72. The molecule has 0 aliphatic heterocycles. The third-order valence-electron chi connectivity index (χ3n) is 3.93. The number of amides is 1. The second-order valence-corrected chi connectivity index (χ2v) is 6.78. The molecule has 1 aromatic heterocycles. The number of terminal acetylenes is 1. The minimum absolute atomic E-state index is 0.0651. The molecule has 0 radical (unpaired) electrons. The number of aromatic nitrogens is 1. The number of rotatable bonds is 4. The second-order valence-electron chi connectivity index (χ2n) is 5.69. The fraction of sp³-hybridized carbons (Fsp3) is 0.333. The number of fused-ring (bicyclic) bond motifs is 1. The predicted octanol–water partition coefficient (Wildman–Crippen LogP) is 3.08. The van der Waals surface area contributed by atoms with Crippen LogP contribution < -0.4 is 10.2 Å². The summed E-state index contributed by atoms with van der Waals surface area (Å²) in [6.45, 7) is 0.262. The van der Waals surface area contributed by atoms with E-state index in [2.05, 4.69) is 16.2 Å². The van der Waals surface area contributed by atoms with Crippen molar-refractivity contribution in [2.24, 2.45) is 0 Å². The Labute approximate surface area is 140 Å². The van der Waals surface area contributed by atoms with Gasteiger partial charge in [-0.15, -0.1) is 17.8 Å². The minimum Gasteiger partial charge on any atom is -0.365 e. The molecule has 4 nitrogen and oxygen atoms in total. The Morgan fingerprint density at radius 3 is 3.04 bits per heavy atom. The van der Waals surface area contributed by atoms with Crippen molar-refractivity contribution >= 4 is 28.1 Å². The number of carbonyl (C=O) groups excluding carboxylic acids is 1. The van der Waals surface area contributed by atoms with E-state index in [9.17, 15) is 4.79 Å². The van der Waals surface area contributed by atoms with E-state index in [1.165, 1.54) is 17.7 Å². The molecular weight excluding hydrogens is 306 g/mol. The van der Waals surface area contributed by atoms with E-state index in [4.69, 9.17) is 6.42 Å². The van der Waals surface area contributed by atoms with Gasteiger partial charge in [0, 0.05) is 23.2 Å². The molecule has 118 valence electrons. The van der Waals surface area contributed by atoms with Crippen LogP contribution >= 0.6 is 11.3 Å². The largest absolute Gasteiger partial charge is 0.365 e. The van der Waals surface area contributed by atoms with Gasteiger partial charge >= 0.3 is 0 Å². The average molecular weight is 325 g/mol. The van der Waals surface area contributed by atoms with E-state index in [1.807, 2.05) is 36.2 Å². The third kappa shape index (κ3) is 3.72. The van der Waals surface area contributed by atoms with Crippen molar-refractivity contribution in [2.45, 2.75) is 25.7 Å². The maximum Gasteiger partial charge on any atom is 0.245 e. The third-order valence-corrected chi connectivity index (χ3v) is 5.00. The summed E-state index contributed by atoms with van der Waals surface area (Å²) in [5.74, 6) is 2.54. The highest BCUT2D eigenvalue weighted by Gasteiger charge is 2.17. The molecule has 0 unspecified atom stereocenters. The van der Waals surface area contributed by atoms with Gasteiger partial charge in [0.05, 0.1) is 12.2 Å². The normalized spacial score (nSPS) is 13.0. The van der Waals surface area contributed by atoms with E-state index in [0.717, 1.165) is 29.8 Å². The Bertz CT molecular complexity index is 736. The SMILES string of the molecule is C#Cc1cccc(N(C)CC(=O)Nc2nc3c(s2)CCCC3)c1. The van der Waals surface area contributed by atoms with E-state index in [0.29, 0.717) is 5.13 Å². The number of carbonyl (C=O) groups is 1. The maximum absolute atomic E-state index is 12.2. The van der Waals surface area contributed by atoms with E-state index >= 15 is 0 Å². The highest BCUT2D eigenvalue weighted by molar-refractivity contribution is 7.15. The van der Waals surface area contributed by atoms with Crippen molar-refractivity contribution in [3.05, 3.63) is 40.4 Å². The molecule has 0 fully saturated rings. The number of hydrogen-bond acceptors (Lipinski definition) is 4. The molecule has 23 heavy (non-hydrogen) atoms. The van der Waals surface area contributed by atoms with E-state index < -0.39 is 0 Å². The van der Waals surface area contributed by atoms with Crippen LogP contribution in [0.1, 0.15) is 29.0 Å². The van der Waals surface area contributed by atoms with Gasteiger partial charge in [0.2, 0.25) is 5.91 Å². The molecule has 0 saturated heterocycles. The second kappa shape index (κ2) is 6.84. The summed E-state index contributed by atoms with van der Waals surface area (Å²) in [5.41, 5.74) is 2.89. The van der Waals surface area contributed by atoms with Crippen LogP contribution in [0.3, 0.4) is 0 Å². The molecule has 2 aromatic rings. The van der Waals surface area contributed by atoms with Gasteiger partial charge in [-0.1, -0.05) is 12.0 Å². The van der Waals surface area contributed by atoms with Crippen molar-refractivity contribution in [2.75, 3.05) is 23.8 Å². The minimum atomic E-state index is -0.0651. The fourth-order valence-corrected chi connectivity index (χ4v) is 3.77. The van der Waals surface area contributed by atoms with Crippen LogP contribution in [0.4, 0.5) is 10.8 Å². The summed E-state index contributed by atoms with van der Waals surface area (Å²) in [6.07, 6.45) is 9.94. The van der Waals surface area contributed by atoms with Crippen molar-refractivity contribution in [1.82, 2.24) is 4.98 Å². The number of hydrogen-bond donors (Lipinski definition) is 1. The first kappa shape index (κ1) is 15.6. The van der Waals surface area contributed by atoms with Crippen LogP contribution in [0.2, 0.25) is 0 Å². The molecule has 0 saturated carbocycles. The summed E-state index contributed by atoms with van der Waals surface area (Å²) < 4.78 is 0. The molecule has 1 aliphatic rings.